The number of halogens is 4. The Morgan fingerprint density at radius 1 is 1.38 bits per heavy atom. The number of rotatable bonds is 7. The van der Waals surface area contributed by atoms with Gasteiger partial charge in [0.2, 0.25) is 5.13 Å². The number of hydrogen-bond donors (Lipinski definition) is 2. The van der Waals surface area contributed by atoms with E-state index in [2.05, 4.69) is 25.6 Å². The fraction of sp³-hybridized carbons (Fsp3) is 0.357. The van der Waals surface area contributed by atoms with E-state index < -0.39 is 18.9 Å². The molecule has 0 aliphatic carbocycles. The van der Waals surface area contributed by atoms with E-state index in [-0.39, 0.29) is 6.54 Å². The molecule has 0 aliphatic rings. The highest BCUT2D eigenvalue weighted by Crippen LogP contribution is 2.28. The molecular formula is C14H14ClF3N4O2S2. The highest BCUT2D eigenvalue weighted by molar-refractivity contribution is 8.01. The summed E-state index contributed by atoms with van der Waals surface area (Å²) in [7, 11) is 0. The van der Waals surface area contributed by atoms with Crippen LogP contribution in [0.3, 0.4) is 0 Å². The van der Waals surface area contributed by atoms with E-state index in [9.17, 15) is 18.0 Å². The van der Waals surface area contributed by atoms with Gasteiger partial charge in [-0.05, 0) is 24.6 Å². The third-order valence-electron chi connectivity index (χ3n) is 2.79. The maximum absolute atomic E-state index is 11.9. The van der Waals surface area contributed by atoms with Gasteiger partial charge in [-0.25, -0.2) is 4.79 Å². The molecule has 6 nitrogen and oxygen atoms in total. The lowest BCUT2D eigenvalue weighted by Gasteiger charge is -2.08. The molecule has 2 N–H and O–H groups in total. The third kappa shape index (κ3) is 7.26. The van der Waals surface area contributed by atoms with Gasteiger partial charge in [-0.15, -0.1) is 10.2 Å². The van der Waals surface area contributed by atoms with Crippen molar-refractivity contribution in [2.45, 2.75) is 17.4 Å². The number of alkyl halides is 3. The average Bonchev–Trinajstić information content (AvgIpc) is 3.00. The molecule has 12 heteroatoms. The summed E-state index contributed by atoms with van der Waals surface area (Å²) in [6, 6.07) is 5.53. The van der Waals surface area contributed by atoms with Gasteiger partial charge in [0, 0.05) is 23.0 Å². The van der Waals surface area contributed by atoms with Crippen molar-refractivity contribution >= 4 is 51.6 Å². The number of aryl methyl sites for hydroxylation is 1. The highest BCUT2D eigenvalue weighted by Gasteiger charge is 2.29. The van der Waals surface area contributed by atoms with Gasteiger partial charge in [0.1, 0.15) is 0 Å². The molecule has 1 amide bonds. The molecule has 1 aromatic carbocycles. The minimum atomic E-state index is -4.54. The number of nitrogens with one attached hydrogen (secondary N) is 2. The van der Waals surface area contributed by atoms with Crippen LogP contribution in [0, 0.1) is 6.92 Å². The summed E-state index contributed by atoms with van der Waals surface area (Å²) < 4.78 is 40.3. The quantitative estimate of drug-likeness (QED) is 0.497. The molecule has 0 fully saturated rings. The summed E-state index contributed by atoms with van der Waals surface area (Å²) in [6.45, 7) is 0.427. The molecule has 0 bridgehead atoms. The first kappa shape index (κ1) is 20.6. The normalized spacial score (nSPS) is 11.3. The summed E-state index contributed by atoms with van der Waals surface area (Å²) in [5, 5.41) is 14.5. The first-order valence-electron chi connectivity index (χ1n) is 7.20. The van der Waals surface area contributed by atoms with Crippen LogP contribution in [0.2, 0.25) is 5.02 Å². The van der Waals surface area contributed by atoms with Crippen molar-refractivity contribution in [3.63, 3.8) is 0 Å². The maximum atomic E-state index is 11.9. The molecule has 2 aromatic rings. The van der Waals surface area contributed by atoms with Crippen LogP contribution < -0.4 is 10.6 Å². The van der Waals surface area contributed by atoms with Gasteiger partial charge in [-0.2, -0.15) is 13.2 Å². The van der Waals surface area contributed by atoms with Crippen LogP contribution in [-0.2, 0) is 4.74 Å². The Hall–Kier alpha value is -1.72. The Bertz CT molecular complexity index is 758. The molecule has 0 aliphatic heterocycles. The number of anilines is 2. The third-order valence-corrected chi connectivity index (χ3v) is 5.17. The smallest absolute Gasteiger partial charge is 0.422 e. The lowest BCUT2D eigenvalue weighted by Crippen LogP contribution is -2.30. The van der Waals surface area contributed by atoms with E-state index in [1.54, 1.807) is 6.07 Å². The molecule has 1 heterocycles. The zero-order valence-corrected chi connectivity index (χ0v) is 15.8. The van der Waals surface area contributed by atoms with Crippen LogP contribution in [0.25, 0.3) is 0 Å². The van der Waals surface area contributed by atoms with Crippen molar-refractivity contribution in [1.29, 1.82) is 0 Å². The lowest BCUT2D eigenvalue weighted by molar-refractivity contribution is -0.160. The van der Waals surface area contributed by atoms with Gasteiger partial charge in [-0.3, -0.25) is 0 Å². The van der Waals surface area contributed by atoms with Crippen molar-refractivity contribution in [3.05, 3.63) is 28.8 Å². The number of aromatic nitrogens is 2. The van der Waals surface area contributed by atoms with Crippen molar-refractivity contribution in [1.82, 2.24) is 15.5 Å². The van der Waals surface area contributed by atoms with Crippen molar-refractivity contribution in [2.24, 2.45) is 0 Å². The van der Waals surface area contributed by atoms with Gasteiger partial charge in [-0.1, -0.05) is 40.8 Å². The fourth-order valence-electron chi connectivity index (χ4n) is 1.60. The van der Waals surface area contributed by atoms with Gasteiger partial charge >= 0.3 is 12.3 Å². The highest BCUT2D eigenvalue weighted by atomic mass is 35.5. The number of nitrogens with zero attached hydrogens (tertiary/aromatic N) is 2. The molecule has 1 aromatic heterocycles. The summed E-state index contributed by atoms with van der Waals surface area (Å²) >= 11 is 8.67. The largest absolute Gasteiger partial charge is 0.440 e. The number of carbonyl (C=O) groups is 1. The van der Waals surface area contributed by atoms with E-state index in [4.69, 9.17) is 11.6 Å². The van der Waals surface area contributed by atoms with Crippen LogP contribution in [0.5, 0.6) is 0 Å². The van der Waals surface area contributed by atoms with Gasteiger partial charge in [0.25, 0.3) is 0 Å². The Kier molecular flexibility index (Phi) is 7.35. The first-order valence-corrected chi connectivity index (χ1v) is 9.38. The SMILES string of the molecule is Cc1ccc(Nc2nnc(SCCNC(=O)OCC(F)(F)F)s2)cc1Cl. The van der Waals surface area contributed by atoms with Crippen molar-refractivity contribution in [3.8, 4) is 0 Å². The molecule has 142 valence electrons. The Morgan fingerprint density at radius 3 is 2.85 bits per heavy atom. The maximum Gasteiger partial charge on any atom is 0.422 e. The monoisotopic (exact) mass is 426 g/mol. The second kappa shape index (κ2) is 9.28. The van der Waals surface area contributed by atoms with Gasteiger partial charge in [0.05, 0.1) is 0 Å². The zero-order valence-electron chi connectivity index (χ0n) is 13.4. The number of carbonyl (C=O) groups excluding carboxylic acids is 1. The number of ether oxygens (including phenoxy) is 1. The molecule has 0 spiro atoms. The topological polar surface area (TPSA) is 76.1 Å². The van der Waals surface area contributed by atoms with Crippen LogP contribution in [0.15, 0.2) is 22.5 Å². The molecule has 0 saturated heterocycles. The van der Waals surface area contributed by atoms with Crippen molar-refractivity contribution in [2.75, 3.05) is 24.2 Å². The summed E-state index contributed by atoms with van der Waals surface area (Å²) in [4.78, 5) is 11.1. The van der Waals surface area contributed by atoms with Gasteiger partial charge in [0.15, 0.2) is 10.9 Å². The fourth-order valence-corrected chi connectivity index (χ4v) is 3.48. The van der Waals surface area contributed by atoms with E-state index in [0.29, 0.717) is 20.2 Å². The first-order chi connectivity index (χ1) is 12.2. The minimum Gasteiger partial charge on any atom is -0.440 e. The van der Waals surface area contributed by atoms with Crippen LogP contribution in [0.4, 0.5) is 28.8 Å². The summed E-state index contributed by atoms with van der Waals surface area (Å²) in [6.07, 6.45) is -5.65. The second-order valence-corrected chi connectivity index (χ2v) is 7.66. The predicted octanol–water partition coefficient (Wildman–Crippen LogP) is 4.62. The van der Waals surface area contributed by atoms with E-state index in [1.807, 2.05) is 19.1 Å². The van der Waals surface area contributed by atoms with E-state index >= 15 is 0 Å². The predicted molar refractivity (Wildman–Crippen MR) is 95.5 cm³/mol. The second-order valence-electron chi connectivity index (χ2n) is 4.93. The molecule has 2 rings (SSSR count). The Balaban J connectivity index is 1.71. The molecule has 0 unspecified atom stereocenters. The molecular weight excluding hydrogens is 413 g/mol. The Morgan fingerprint density at radius 2 is 2.15 bits per heavy atom. The average molecular weight is 427 g/mol. The Labute approximate surface area is 160 Å². The zero-order chi connectivity index (χ0) is 19.2. The molecule has 0 radical (unpaired) electrons. The minimum absolute atomic E-state index is 0.136. The van der Waals surface area contributed by atoms with Gasteiger partial charge < -0.3 is 15.4 Å². The number of thioether (sulfide) groups is 1. The molecule has 0 atom stereocenters. The summed E-state index contributed by atoms with van der Waals surface area (Å²) in [5.74, 6) is 0.409. The van der Waals surface area contributed by atoms with Crippen LogP contribution in [0.1, 0.15) is 5.56 Å². The van der Waals surface area contributed by atoms with Crippen LogP contribution >= 0.6 is 34.7 Å². The van der Waals surface area contributed by atoms with E-state index in [1.165, 1.54) is 23.1 Å². The number of benzene rings is 1. The molecule has 26 heavy (non-hydrogen) atoms. The standard InChI is InChI=1S/C14H14ClF3N4O2S2/c1-8-2-3-9(6-10(8)15)20-11-21-22-13(26-11)25-5-4-19-12(23)24-7-14(16,17)18/h2-3,6H,4-5,7H2,1H3,(H,19,23)(H,20,21). The van der Waals surface area contributed by atoms with Crippen LogP contribution in [-0.4, -0.2) is 41.4 Å². The van der Waals surface area contributed by atoms with Crippen molar-refractivity contribution < 1.29 is 22.7 Å². The van der Waals surface area contributed by atoms with E-state index in [0.717, 1.165) is 11.3 Å². The number of hydrogen-bond acceptors (Lipinski definition) is 7. The number of amides is 1. The number of alkyl carbamates (subject to hydrolysis) is 1. The summed E-state index contributed by atoms with van der Waals surface area (Å²) in [5.41, 5.74) is 1.74. The lowest BCUT2D eigenvalue weighted by atomic mass is 10.2. The molecule has 0 saturated carbocycles.